The van der Waals surface area contributed by atoms with E-state index in [-0.39, 0.29) is 11.9 Å². The lowest BCUT2D eigenvalue weighted by Crippen LogP contribution is -2.30. The fraction of sp³-hybridized carbons (Fsp3) is 0.200. The zero-order chi connectivity index (χ0) is 13.8. The molecule has 100 valence electrons. The van der Waals surface area contributed by atoms with Crippen molar-refractivity contribution < 1.29 is 4.39 Å². The highest BCUT2D eigenvalue weighted by Crippen LogP contribution is 2.24. The number of hydrogen-bond acceptors (Lipinski definition) is 2. The Bertz CT molecular complexity index is 572. The summed E-state index contributed by atoms with van der Waals surface area (Å²) in [5.41, 5.74) is 6.00. The lowest BCUT2D eigenvalue weighted by Gasteiger charge is -2.19. The third-order valence-corrected chi connectivity index (χ3v) is 3.64. The van der Waals surface area contributed by atoms with E-state index in [9.17, 15) is 4.39 Å². The van der Waals surface area contributed by atoms with E-state index < -0.39 is 0 Å². The molecule has 0 amide bonds. The molecule has 2 aromatic carbocycles. The first kappa shape index (κ1) is 14.2. The molecule has 2 aromatic rings. The summed E-state index contributed by atoms with van der Waals surface area (Å²) in [6, 6.07) is 12.6. The maximum Gasteiger partial charge on any atom is 0.123 e. The van der Waals surface area contributed by atoms with Gasteiger partial charge in [-0.1, -0.05) is 34.1 Å². The van der Waals surface area contributed by atoms with Gasteiger partial charge in [0, 0.05) is 4.47 Å². The van der Waals surface area contributed by atoms with Gasteiger partial charge in [0.05, 0.1) is 6.04 Å². The molecule has 3 N–H and O–H groups in total. The Morgan fingerprint density at radius 3 is 2.74 bits per heavy atom. The number of rotatable bonds is 4. The van der Waals surface area contributed by atoms with Gasteiger partial charge in [-0.3, -0.25) is 11.3 Å². The molecule has 1 unspecified atom stereocenters. The van der Waals surface area contributed by atoms with Gasteiger partial charge in [0.1, 0.15) is 5.82 Å². The van der Waals surface area contributed by atoms with Crippen LogP contribution in [0.4, 0.5) is 4.39 Å². The maximum absolute atomic E-state index is 13.2. The number of nitrogens with two attached hydrogens (primary N) is 1. The molecule has 19 heavy (non-hydrogen) atoms. The van der Waals surface area contributed by atoms with E-state index in [2.05, 4.69) is 21.4 Å². The smallest absolute Gasteiger partial charge is 0.123 e. The lowest BCUT2D eigenvalue weighted by molar-refractivity contribution is 0.546. The summed E-state index contributed by atoms with van der Waals surface area (Å²) in [5, 5.41) is 0. The number of hydrazine groups is 1. The molecule has 0 aliphatic rings. The number of halogens is 2. The molecule has 0 aliphatic carbocycles. The molecule has 0 fully saturated rings. The number of aryl methyl sites for hydroxylation is 1. The van der Waals surface area contributed by atoms with Crippen molar-refractivity contribution in [3.05, 3.63) is 69.4 Å². The van der Waals surface area contributed by atoms with Gasteiger partial charge in [0.15, 0.2) is 0 Å². The highest BCUT2D eigenvalue weighted by molar-refractivity contribution is 9.10. The predicted molar refractivity (Wildman–Crippen MR) is 79.0 cm³/mol. The Kier molecular flexibility index (Phi) is 4.69. The molecule has 0 saturated heterocycles. The van der Waals surface area contributed by atoms with E-state index in [4.69, 9.17) is 5.84 Å². The van der Waals surface area contributed by atoms with Crippen LogP contribution in [0.15, 0.2) is 46.9 Å². The van der Waals surface area contributed by atoms with E-state index in [1.807, 2.05) is 31.2 Å². The predicted octanol–water partition coefficient (Wildman–Crippen LogP) is 3.64. The third kappa shape index (κ3) is 3.62. The van der Waals surface area contributed by atoms with Gasteiger partial charge < -0.3 is 0 Å². The molecule has 2 nitrogen and oxygen atoms in total. The van der Waals surface area contributed by atoms with Crippen LogP contribution in [0.3, 0.4) is 0 Å². The van der Waals surface area contributed by atoms with Crippen LogP contribution in [0.25, 0.3) is 0 Å². The third-order valence-electron chi connectivity index (χ3n) is 3.15. The minimum absolute atomic E-state index is 0.0423. The van der Waals surface area contributed by atoms with E-state index in [1.54, 1.807) is 6.07 Å². The molecule has 0 bridgehead atoms. The SMILES string of the molecule is Cc1ccc(Br)cc1C(Cc1cccc(F)c1)NN. The second kappa shape index (κ2) is 6.28. The van der Waals surface area contributed by atoms with Gasteiger partial charge in [-0.25, -0.2) is 4.39 Å². The Labute approximate surface area is 120 Å². The van der Waals surface area contributed by atoms with E-state index in [1.165, 1.54) is 12.1 Å². The normalized spacial score (nSPS) is 12.4. The quantitative estimate of drug-likeness (QED) is 0.666. The van der Waals surface area contributed by atoms with Gasteiger partial charge in [0.25, 0.3) is 0 Å². The van der Waals surface area contributed by atoms with Crippen molar-refractivity contribution >= 4 is 15.9 Å². The Hall–Kier alpha value is -1.23. The first-order valence-corrected chi connectivity index (χ1v) is 6.86. The molecule has 0 spiro atoms. The molecule has 4 heteroatoms. The van der Waals surface area contributed by atoms with Crippen LogP contribution in [-0.2, 0) is 6.42 Å². The van der Waals surface area contributed by atoms with Gasteiger partial charge >= 0.3 is 0 Å². The second-order valence-electron chi connectivity index (χ2n) is 4.55. The van der Waals surface area contributed by atoms with Crippen molar-refractivity contribution in [3.8, 4) is 0 Å². The number of benzene rings is 2. The molecule has 0 aromatic heterocycles. The first-order chi connectivity index (χ1) is 9.10. The van der Waals surface area contributed by atoms with E-state index in [0.29, 0.717) is 6.42 Å². The standard InChI is InChI=1S/C15H16BrFN2/c1-10-5-6-12(16)9-14(10)15(19-18)8-11-3-2-4-13(17)7-11/h2-7,9,15,19H,8,18H2,1H3. The van der Waals surface area contributed by atoms with Crippen molar-refractivity contribution in [1.82, 2.24) is 5.43 Å². The van der Waals surface area contributed by atoms with Crippen molar-refractivity contribution in [2.24, 2.45) is 5.84 Å². The molecule has 0 radical (unpaired) electrons. The molecular weight excluding hydrogens is 307 g/mol. The Balaban J connectivity index is 2.27. The average molecular weight is 323 g/mol. The summed E-state index contributed by atoms with van der Waals surface area (Å²) in [6.45, 7) is 2.04. The summed E-state index contributed by atoms with van der Waals surface area (Å²) >= 11 is 3.46. The first-order valence-electron chi connectivity index (χ1n) is 6.07. The van der Waals surface area contributed by atoms with Gasteiger partial charge in [-0.05, 0) is 54.3 Å². The zero-order valence-electron chi connectivity index (χ0n) is 10.7. The lowest BCUT2D eigenvalue weighted by atomic mass is 9.96. The molecule has 0 saturated carbocycles. The highest BCUT2D eigenvalue weighted by Gasteiger charge is 2.13. The van der Waals surface area contributed by atoms with Crippen molar-refractivity contribution in [1.29, 1.82) is 0 Å². The summed E-state index contributed by atoms with van der Waals surface area (Å²) in [6.07, 6.45) is 0.644. The molecular formula is C15H16BrFN2. The van der Waals surface area contributed by atoms with Crippen molar-refractivity contribution in [2.75, 3.05) is 0 Å². The van der Waals surface area contributed by atoms with Gasteiger partial charge in [-0.2, -0.15) is 0 Å². The number of nitrogens with one attached hydrogen (secondary N) is 1. The largest absolute Gasteiger partial charge is 0.271 e. The Morgan fingerprint density at radius 2 is 2.05 bits per heavy atom. The molecule has 0 aliphatic heterocycles. The topological polar surface area (TPSA) is 38.0 Å². The summed E-state index contributed by atoms with van der Waals surface area (Å²) in [4.78, 5) is 0. The Morgan fingerprint density at radius 1 is 1.26 bits per heavy atom. The van der Waals surface area contributed by atoms with Crippen LogP contribution in [0, 0.1) is 12.7 Å². The minimum atomic E-state index is -0.223. The van der Waals surface area contributed by atoms with Crippen molar-refractivity contribution in [3.63, 3.8) is 0 Å². The zero-order valence-corrected chi connectivity index (χ0v) is 12.2. The fourth-order valence-corrected chi connectivity index (χ4v) is 2.52. The minimum Gasteiger partial charge on any atom is -0.271 e. The monoisotopic (exact) mass is 322 g/mol. The van der Waals surface area contributed by atoms with E-state index >= 15 is 0 Å². The van der Waals surface area contributed by atoms with Crippen LogP contribution in [0.2, 0.25) is 0 Å². The maximum atomic E-state index is 13.2. The van der Waals surface area contributed by atoms with E-state index in [0.717, 1.165) is 21.2 Å². The summed E-state index contributed by atoms with van der Waals surface area (Å²) in [5.74, 6) is 5.43. The molecule has 2 rings (SSSR count). The summed E-state index contributed by atoms with van der Waals surface area (Å²) in [7, 11) is 0. The van der Waals surface area contributed by atoms with Crippen molar-refractivity contribution in [2.45, 2.75) is 19.4 Å². The van der Waals surface area contributed by atoms with Gasteiger partial charge in [0.2, 0.25) is 0 Å². The fourth-order valence-electron chi connectivity index (χ4n) is 2.15. The highest BCUT2D eigenvalue weighted by atomic mass is 79.9. The van der Waals surface area contributed by atoms with Crippen LogP contribution in [0.1, 0.15) is 22.7 Å². The van der Waals surface area contributed by atoms with Crippen LogP contribution < -0.4 is 11.3 Å². The van der Waals surface area contributed by atoms with Crippen LogP contribution in [0.5, 0.6) is 0 Å². The molecule has 1 atom stereocenters. The van der Waals surface area contributed by atoms with Crippen LogP contribution in [-0.4, -0.2) is 0 Å². The second-order valence-corrected chi connectivity index (χ2v) is 5.47. The summed E-state index contributed by atoms with van der Waals surface area (Å²) < 4.78 is 14.2. The average Bonchev–Trinajstić information content (AvgIpc) is 2.39. The van der Waals surface area contributed by atoms with Gasteiger partial charge in [-0.15, -0.1) is 0 Å². The molecule has 0 heterocycles. The number of hydrogen-bond donors (Lipinski definition) is 2. The van der Waals surface area contributed by atoms with Crippen LogP contribution >= 0.6 is 15.9 Å².